The van der Waals surface area contributed by atoms with Crippen LogP contribution in [0.15, 0.2) is 18.3 Å². The van der Waals surface area contributed by atoms with Gasteiger partial charge in [0.15, 0.2) is 5.65 Å². The zero-order chi connectivity index (χ0) is 11.8. The molecule has 0 aliphatic carbocycles. The molecule has 1 aliphatic rings. The molecule has 3 heterocycles. The fraction of sp³-hybridized carbons (Fsp3) is 0.500. The summed E-state index contributed by atoms with van der Waals surface area (Å²) in [6.45, 7) is 3.51. The van der Waals surface area contributed by atoms with Crippen molar-refractivity contribution in [3.63, 3.8) is 0 Å². The molecule has 0 spiro atoms. The van der Waals surface area contributed by atoms with E-state index in [-0.39, 0.29) is 5.92 Å². The van der Waals surface area contributed by atoms with Crippen LogP contribution < -0.4 is 5.32 Å². The van der Waals surface area contributed by atoms with Crippen LogP contribution in [0.3, 0.4) is 0 Å². The smallest absolute Gasteiger partial charge is 0.161 e. The molecule has 17 heavy (non-hydrogen) atoms. The summed E-state index contributed by atoms with van der Waals surface area (Å²) >= 11 is 0. The highest BCUT2D eigenvalue weighted by Crippen LogP contribution is 2.24. The van der Waals surface area contributed by atoms with Gasteiger partial charge in [0.05, 0.1) is 19.1 Å². The lowest BCUT2D eigenvalue weighted by molar-refractivity contribution is 0.188. The van der Waals surface area contributed by atoms with Crippen molar-refractivity contribution in [3.8, 4) is 0 Å². The summed E-state index contributed by atoms with van der Waals surface area (Å²) in [6.07, 6.45) is 2.03. The van der Waals surface area contributed by atoms with Crippen LogP contribution in [0, 0.1) is 6.92 Å². The minimum Gasteiger partial charge on any atom is -0.379 e. The first kappa shape index (κ1) is 10.7. The predicted molar refractivity (Wildman–Crippen MR) is 64.1 cm³/mol. The van der Waals surface area contributed by atoms with E-state index in [1.807, 2.05) is 19.3 Å². The van der Waals surface area contributed by atoms with Crippen LogP contribution in [-0.2, 0) is 4.74 Å². The maximum atomic E-state index is 5.51. The van der Waals surface area contributed by atoms with E-state index >= 15 is 0 Å². The molecule has 0 radical (unpaired) electrons. The molecular formula is C12H16N4O. The zero-order valence-electron chi connectivity index (χ0n) is 10.1. The predicted octanol–water partition coefficient (Wildman–Crippen LogP) is 0.740. The first-order valence-corrected chi connectivity index (χ1v) is 5.86. The Hall–Kier alpha value is -1.46. The number of hydrogen-bond acceptors (Lipinski definition) is 4. The number of hydrogen-bond donors (Lipinski definition) is 1. The average Bonchev–Trinajstić information content (AvgIpc) is 2.92. The lowest BCUT2D eigenvalue weighted by Gasteiger charge is -2.14. The van der Waals surface area contributed by atoms with Crippen LogP contribution in [0.5, 0.6) is 0 Å². The Morgan fingerprint density at radius 2 is 2.29 bits per heavy atom. The van der Waals surface area contributed by atoms with Crippen LogP contribution in [0.1, 0.15) is 17.3 Å². The van der Waals surface area contributed by atoms with E-state index in [1.165, 1.54) is 5.56 Å². The summed E-state index contributed by atoms with van der Waals surface area (Å²) < 4.78 is 7.57. The molecule has 2 atom stereocenters. The summed E-state index contributed by atoms with van der Waals surface area (Å²) in [6, 6.07) is 4.44. The van der Waals surface area contributed by atoms with Crippen LogP contribution >= 0.6 is 0 Å². The highest BCUT2D eigenvalue weighted by molar-refractivity contribution is 5.41. The molecule has 0 saturated carbocycles. The number of nitrogens with one attached hydrogen (secondary N) is 1. The van der Waals surface area contributed by atoms with E-state index in [0.717, 1.165) is 18.1 Å². The molecule has 90 valence electrons. The first-order chi connectivity index (χ1) is 8.29. The van der Waals surface area contributed by atoms with Gasteiger partial charge in [-0.1, -0.05) is 0 Å². The Labute approximate surface area is 99.8 Å². The molecule has 2 unspecified atom stereocenters. The summed E-state index contributed by atoms with van der Waals surface area (Å²) in [7, 11) is 1.96. The fourth-order valence-electron chi connectivity index (χ4n) is 2.36. The van der Waals surface area contributed by atoms with Gasteiger partial charge in [0.1, 0.15) is 5.82 Å². The van der Waals surface area contributed by atoms with Crippen molar-refractivity contribution in [3.05, 3.63) is 29.7 Å². The summed E-state index contributed by atoms with van der Waals surface area (Å²) in [5.74, 6) is 1.26. The van der Waals surface area contributed by atoms with Crippen molar-refractivity contribution in [1.82, 2.24) is 19.9 Å². The molecule has 5 nitrogen and oxygen atoms in total. The van der Waals surface area contributed by atoms with Crippen LogP contribution in [0.4, 0.5) is 0 Å². The quantitative estimate of drug-likeness (QED) is 0.829. The van der Waals surface area contributed by atoms with Gasteiger partial charge >= 0.3 is 0 Å². The van der Waals surface area contributed by atoms with Crippen molar-refractivity contribution in [1.29, 1.82) is 0 Å². The number of nitrogens with zero attached hydrogens (tertiary/aromatic N) is 3. The minimum atomic E-state index is 0.276. The molecule has 0 aromatic carbocycles. The van der Waals surface area contributed by atoms with E-state index < -0.39 is 0 Å². The lowest BCUT2D eigenvalue weighted by atomic mass is 10.0. The fourth-order valence-corrected chi connectivity index (χ4v) is 2.36. The third kappa shape index (κ3) is 1.71. The van der Waals surface area contributed by atoms with E-state index in [2.05, 4.69) is 32.9 Å². The van der Waals surface area contributed by atoms with Gasteiger partial charge in [-0.2, -0.15) is 0 Å². The lowest BCUT2D eigenvalue weighted by Crippen LogP contribution is -2.32. The molecule has 5 heteroatoms. The Morgan fingerprint density at radius 3 is 3.12 bits per heavy atom. The summed E-state index contributed by atoms with van der Waals surface area (Å²) in [5.41, 5.74) is 2.10. The Kier molecular flexibility index (Phi) is 2.57. The maximum Gasteiger partial charge on any atom is 0.161 e. The van der Waals surface area contributed by atoms with Gasteiger partial charge < -0.3 is 10.1 Å². The molecule has 1 saturated heterocycles. The molecule has 1 N–H and O–H groups in total. The Bertz CT molecular complexity index is 536. The number of fused-ring (bicyclic) bond motifs is 1. The van der Waals surface area contributed by atoms with Gasteiger partial charge in [-0.05, 0) is 31.7 Å². The molecular weight excluding hydrogens is 216 g/mol. The zero-order valence-corrected chi connectivity index (χ0v) is 10.1. The van der Waals surface area contributed by atoms with Crippen molar-refractivity contribution >= 4 is 5.65 Å². The van der Waals surface area contributed by atoms with Crippen molar-refractivity contribution < 1.29 is 4.74 Å². The van der Waals surface area contributed by atoms with Crippen molar-refractivity contribution in [2.75, 3.05) is 20.3 Å². The SMILES string of the molecule is CNC1COCC1c1nnc2cc(C)ccn12. The Balaban J connectivity index is 2.05. The third-order valence-corrected chi connectivity index (χ3v) is 3.37. The van der Waals surface area contributed by atoms with Gasteiger partial charge in [-0.15, -0.1) is 10.2 Å². The molecule has 3 rings (SSSR count). The topological polar surface area (TPSA) is 51.5 Å². The number of aromatic nitrogens is 3. The highest BCUT2D eigenvalue weighted by Gasteiger charge is 2.31. The van der Waals surface area contributed by atoms with E-state index in [9.17, 15) is 0 Å². The van der Waals surface area contributed by atoms with Gasteiger partial charge in [0, 0.05) is 12.2 Å². The average molecular weight is 232 g/mol. The monoisotopic (exact) mass is 232 g/mol. The molecule has 1 aliphatic heterocycles. The van der Waals surface area contributed by atoms with Crippen molar-refractivity contribution in [2.24, 2.45) is 0 Å². The second-order valence-corrected chi connectivity index (χ2v) is 4.53. The minimum absolute atomic E-state index is 0.276. The molecule has 2 aromatic heterocycles. The second kappa shape index (κ2) is 4.09. The molecule has 0 bridgehead atoms. The first-order valence-electron chi connectivity index (χ1n) is 5.86. The van der Waals surface area contributed by atoms with Crippen LogP contribution in [0.2, 0.25) is 0 Å². The third-order valence-electron chi connectivity index (χ3n) is 3.37. The van der Waals surface area contributed by atoms with E-state index in [4.69, 9.17) is 4.74 Å². The van der Waals surface area contributed by atoms with Crippen LogP contribution in [0.25, 0.3) is 5.65 Å². The number of ether oxygens (including phenoxy) is 1. The molecule has 2 aromatic rings. The number of aryl methyl sites for hydroxylation is 1. The van der Waals surface area contributed by atoms with E-state index in [1.54, 1.807) is 0 Å². The largest absolute Gasteiger partial charge is 0.379 e. The normalized spacial score (nSPS) is 24.6. The van der Waals surface area contributed by atoms with Gasteiger partial charge in [0.2, 0.25) is 0 Å². The number of rotatable bonds is 2. The summed E-state index contributed by atoms with van der Waals surface area (Å²) in [5, 5.41) is 11.8. The molecule has 1 fully saturated rings. The van der Waals surface area contributed by atoms with Gasteiger partial charge in [0.25, 0.3) is 0 Å². The Morgan fingerprint density at radius 1 is 1.41 bits per heavy atom. The maximum absolute atomic E-state index is 5.51. The second-order valence-electron chi connectivity index (χ2n) is 4.53. The summed E-state index contributed by atoms with van der Waals surface area (Å²) in [4.78, 5) is 0. The van der Waals surface area contributed by atoms with Gasteiger partial charge in [-0.3, -0.25) is 4.40 Å². The number of pyridine rings is 1. The van der Waals surface area contributed by atoms with Gasteiger partial charge in [-0.25, -0.2) is 0 Å². The number of likely N-dealkylation sites (N-methyl/N-ethyl adjacent to an activating group) is 1. The van der Waals surface area contributed by atoms with Crippen LogP contribution in [-0.4, -0.2) is 40.9 Å². The standard InChI is InChI=1S/C12H16N4O/c1-8-3-4-16-11(5-8)14-15-12(16)9-6-17-7-10(9)13-2/h3-5,9-10,13H,6-7H2,1-2H3. The molecule has 0 amide bonds. The highest BCUT2D eigenvalue weighted by atomic mass is 16.5. The van der Waals surface area contributed by atoms with Crippen molar-refractivity contribution in [2.45, 2.75) is 18.9 Å². The van der Waals surface area contributed by atoms with E-state index in [0.29, 0.717) is 12.6 Å².